The highest BCUT2D eigenvalue weighted by molar-refractivity contribution is 5.98. The van der Waals surface area contributed by atoms with Crippen molar-refractivity contribution in [1.82, 2.24) is 4.98 Å². The van der Waals surface area contributed by atoms with Gasteiger partial charge in [-0.2, -0.15) is 0 Å². The molecule has 0 aliphatic rings. The second-order valence-corrected chi connectivity index (χ2v) is 4.92. The number of nitrogen functional groups attached to an aromatic ring is 1. The van der Waals surface area contributed by atoms with E-state index in [4.69, 9.17) is 5.73 Å². The molecule has 0 aliphatic carbocycles. The molecule has 0 fully saturated rings. The third-order valence-electron chi connectivity index (χ3n) is 3.49. The summed E-state index contributed by atoms with van der Waals surface area (Å²) in [6.45, 7) is 8.21. The molecular formula is C19H22N2. The number of aryl methyl sites for hydroxylation is 2. The third-order valence-corrected chi connectivity index (χ3v) is 3.49. The number of fused-ring (bicyclic) bond motifs is 1. The van der Waals surface area contributed by atoms with Gasteiger partial charge < -0.3 is 5.73 Å². The second-order valence-electron chi connectivity index (χ2n) is 4.92. The molecule has 0 amide bonds. The fourth-order valence-electron chi connectivity index (χ4n) is 2.52. The summed E-state index contributed by atoms with van der Waals surface area (Å²) in [7, 11) is 0. The number of hydrogen-bond acceptors (Lipinski definition) is 2. The predicted octanol–water partition coefficient (Wildman–Crippen LogP) is 5.13. The molecule has 0 atom stereocenters. The molecule has 21 heavy (non-hydrogen) atoms. The number of hydrogen-bond donors (Lipinski definition) is 1. The van der Waals surface area contributed by atoms with Crippen molar-refractivity contribution < 1.29 is 0 Å². The maximum absolute atomic E-state index is 6.30. The Hall–Kier alpha value is -2.35. The van der Waals surface area contributed by atoms with Crippen LogP contribution in [-0.4, -0.2) is 4.98 Å². The normalized spacial score (nSPS) is 10.1. The van der Waals surface area contributed by atoms with Gasteiger partial charge >= 0.3 is 0 Å². The van der Waals surface area contributed by atoms with Crippen molar-refractivity contribution in [3.8, 4) is 11.1 Å². The largest absolute Gasteiger partial charge is 0.396 e. The highest BCUT2D eigenvalue weighted by atomic mass is 14.7. The summed E-state index contributed by atoms with van der Waals surface area (Å²) in [5, 5.41) is 1.08. The van der Waals surface area contributed by atoms with E-state index >= 15 is 0 Å². The van der Waals surface area contributed by atoms with Crippen molar-refractivity contribution in [1.29, 1.82) is 0 Å². The number of aromatic nitrogens is 1. The van der Waals surface area contributed by atoms with E-state index in [1.54, 1.807) is 6.20 Å². The van der Waals surface area contributed by atoms with Gasteiger partial charge in [0, 0.05) is 17.1 Å². The van der Waals surface area contributed by atoms with E-state index in [9.17, 15) is 0 Å². The zero-order chi connectivity index (χ0) is 15.4. The highest BCUT2D eigenvalue weighted by Crippen LogP contribution is 2.33. The molecule has 2 heteroatoms. The Morgan fingerprint density at radius 1 is 0.905 bits per heavy atom. The summed E-state index contributed by atoms with van der Waals surface area (Å²) in [6.07, 6.45) is 1.78. The zero-order valence-electron chi connectivity index (χ0n) is 13.1. The summed E-state index contributed by atoms with van der Waals surface area (Å²) in [5.41, 5.74) is 12.7. The number of rotatable bonds is 1. The van der Waals surface area contributed by atoms with Gasteiger partial charge in [0.25, 0.3) is 0 Å². The standard InChI is InChI=1S/C17H16N2.C2H6/c1-11-5-7-14(12(2)10-11)15-8-6-13-4-3-9-19-17(13)16(15)18;1-2/h3-10H,18H2,1-2H3;1-2H3. The Balaban J connectivity index is 0.000000774. The summed E-state index contributed by atoms with van der Waals surface area (Å²) < 4.78 is 0. The number of nitrogens with two attached hydrogens (primary N) is 1. The number of anilines is 1. The number of pyridine rings is 1. The van der Waals surface area contributed by atoms with E-state index < -0.39 is 0 Å². The first-order valence-corrected chi connectivity index (χ1v) is 7.37. The minimum Gasteiger partial charge on any atom is -0.396 e. The maximum atomic E-state index is 6.30. The molecule has 2 N–H and O–H groups in total. The first-order chi connectivity index (χ1) is 10.2. The minimum absolute atomic E-state index is 0.755. The van der Waals surface area contributed by atoms with E-state index in [1.807, 2.05) is 26.0 Å². The molecule has 108 valence electrons. The van der Waals surface area contributed by atoms with Crippen LogP contribution in [0.4, 0.5) is 5.69 Å². The van der Waals surface area contributed by atoms with Crippen LogP contribution in [0, 0.1) is 13.8 Å². The van der Waals surface area contributed by atoms with Gasteiger partial charge in [0.2, 0.25) is 0 Å². The quantitative estimate of drug-likeness (QED) is 0.627. The van der Waals surface area contributed by atoms with Crippen LogP contribution in [0.3, 0.4) is 0 Å². The van der Waals surface area contributed by atoms with Gasteiger partial charge in [-0.3, -0.25) is 4.98 Å². The zero-order valence-corrected chi connectivity index (χ0v) is 13.1. The Bertz CT molecular complexity index is 761. The van der Waals surface area contributed by atoms with E-state index in [-0.39, 0.29) is 0 Å². The van der Waals surface area contributed by atoms with Crippen LogP contribution in [0.25, 0.3) is 22.0 Å². The van der Waals surface area contributed by atoms with Crippen molar-refractivity contribution in [3.05, 3.63) is 59.8 Å². The molecule has 0 unspecified atom stereocenters. The van der Waals surface area contributed by atoms with Crippen molar-refractivity contribution in [3.63, 3.8) is 0 Å². The van der Waals surface area contributed by atoms with E-state index in [1.165, 1.54) is 16.7 Å². The van der Waals surface area contributed by atoms with Crippen LogP contribution in [0.5, 0.6) is 0 Å². The number of benzene rings is 2. The van der Waals surface area contributed by atoms with Crippen molar-refractivity contribution in [2.24, 2.45) is 0 Å². The van der Waals surface area contributed by atoms with Gasteiger partial charge in [-0.25, -0.2) is 0 Å². The van der Waals surface area contributed by atoms with Gasteiger partial charge in [0.1, 0.15) is 0 Å². The van der Waals surface area contributed by atoms with Gasteiger partial charge in [0.05, 0.1) is 11.2 Å². The van der Waals surface area contributed by atoms with Gasteiger partial charge in [0.15, 0.2) is 0 Å². The van der Waals surface area contributed by atoms with Crippen LogP contribution in [0.15, 0.2) is 48.7 Å². The highest BCUT2D eigenvalue weighted by Gasteiger charge is 2.09. The van der Waals surface area contributed by atoms with Crippen LogP contribution < -0.4 is 5.73 Å². The molecule has 3 aromatic rings. The average molecular weight is 278 g/mol. The Morgan fingerprint density at radius 2 is 1.62 bits per heavy atom. The summed E-state index contributed by atoms with van der Waals surface area (Å²) >= 11 is 0. The molecule has 0 spiro atoms. The first kappa shape index (κ1) is 15.0. The lowest BCUT2D eigenvalue weighted by molar-refractivity contribution is 1.38. The molecule has 0 saturated carbocycles. The van der Waals surface area contributed by atoms with Crippen molar-refractivity contribution in [2.45, 2.75) is 27.7 Å². The summed E-state index contributed by atoms with van der Waals surface area (Å²) in [6, 6.07) is 14.5. The SMILES string of the molecule is CC.Cc1ccc(-c2ccc3cccnc3c2N)c(C)c1. The average Bonchev–Trinajstić information content (AvgIpc) is 2.51. The van der Waals surface area contributed by atoms with Crippen LogP contribution in [-0.2, 0) is 0 Å². The van der Waals surface area contributed by atoms with Crippen LogP contribution in [0.2, 0.25) is 0 Å². The minimum atomic E-state index is 0.755. The van der Waals surface area contributed by atoms with E-state index in [2.05, 4.69) is 49.2 Å². The maximum Gasteiger partial charge on any atom is 0.0937 e. The molecule has 0 aliphatic heterocycles. The Labute approximate surface area is 126 Å². The monoisotopic (exact) mass is 278 g/mol. The second kappa shape index (κ2) is 6.40. The predicted molar refractivity (Wildman–Crippen MR) is 92.4 cm³/mol. The van der Waals surface area contributed by atoms with Crippen LogP contribution >= 0.6 is 0 Å². The van der Waals surface area contributed by atoms with Gasteiger partial charge in [-0.05, 0) is 31.0 Å². The Kier molecular flexibility index (Phi) is 4.59. The molecule has 0 radical (unpaired) electrons. The molecule has 0 saturated heterocycles. The summed E-state index contributed by atoms with van der Waals surface area (Å²) in [4.78, 5) is 4.39. The lowest BCUT2D eigenvalue weighted by Gasteiger charge is -2.11. The van der Waals surface area contributed by atoms with Gasteiger partial charge in [-0.1, -0.05) is 55.8 Å². The van der Waals surface area contributed by atoms with Crippen molar-refractivity contribution >= 4 is 16.6 Å². The lowest BCUT2D eigenvalue weighted by Crippen LogP contribution is -1.95. The Morgan fingerprint density at radius 3 is 2.33 bits per heavy atom. The van der Waals surface area contributed by atoms with Crippen LogP contribution in [0.1, 0.15) is 25.0 Å². The fraction of sp³-hybridized carbons (Fsp3) is 0.211. The van der Waals surface area contributed by atoms with Crippen molar-refractivity contribution in [2.75, 3.05) is 5.73 Å². The fourth-order valence-corrected chi connectivity index (χ4v) is 2.52. The molecule has 2 nitrogen and oxygen atoms in total. The molecule has 1 aromatic heterocycles. The summed E-state index contributed by atoms with van der Waals surface area (Å²) in [5.74, 6) is 0. The number of nitrogens with zero attached hydrogens (tertiary/aromatic N) is 1. The molecule has 2 aromatic carbocycles. The lowest BCUT2D eigenvalue weighted by atomic mass is 9.96. The van der Waals surface area contributed by atoms with E-state index in [0.717, 1.165) is 22.2 Å². The van der Waals surface area contributed by atoms with Gasteiger partial charge in [-0.15, -0.1) is 0 Å². The molecular weight excluding hydrogens is 256 g/mol. The molecule has 0 bridgehead atoms. The third kappa shape index (κ3) is 2.89. The topological polar surface area (TPSA) is 38.9 Å². The molecule has 3 rings (SSSR count). The molecule has 1 heterocycles. The first-order valence-electron chi connectivity index (χ1n) is 7.37. The van der Waals surface area contributed by atoms with E-state index in [0.29, 0.717) is 0 Å². The smallest absolute Gasteiger partial charge is 0.0937 e.